The molecule has 4 heteroatoms. The van der Waals surface area contributed by atoms with Gasteiger partial charge in [0.05, 0.1) is 12.1 Å². The van der Waals surface area contributed by atoms with Crippen molar-refractivity contribution in [3.05, 3.63) is 0 Å². The fourth-order valence-electron chi connectivity index (χ4n) is 2.04. The van der Waals surface area contributed by atoms with Crippen LogP contribution in [0.5, 0.6) is 0 Å². The Morgan fingerprint density at radius 2 is 2.29 bits per heavy atom. The van der Waals surface area contributed by atoms with E-state index in [2.05, 4.69) is 5.32 Å². The van der Waals surface area contributed by atoms with Crippen LogP contribution in [-0.4, -0.2) is 48.2 Å². The average Bonchev–Trinajstić information content (AvgIpc) is 2.95. The standard InChI is InChI=1S/C10H18N2O2/c1-11-8-4-5-12(10(8)14)6-9(13)7-2-3-7/h7-9,11,13H,2-6H2,1H3. The lowest BCUT2D eigenvalue weighted by atomic mass is 10.2. The predicted octanol–water partition coefficient (Wildman–Crippen LogP) is -0.422. The first-order chi connectivity index (χ1) is 6.72. The van der Waals surface area contributed by atoms with Crippen molar-refractivity contribution >= 4 is 5.91 Å². The van der Waals surface area contributed by atoms with E-state index in [0.717, 1.165) is 25.8 Å². The second-order valence-electron chi connectivity index (χ2n) is 4.32. The van der Waals surface area contributed by atoms with Gasteiger partial charge in [0.25, 0.3) is 0 Å². The molecule has 1 saturated heterocycles. The van der Waals surface area contributed by atoms with Crippen molar-refractivity contribution in [1.29, 1.82) is 0 Å². The van der Waals surface area contributed by atoms with Crippen molar-refractivity contribution in [2.24, 2.45) is 5.92 Å². The molecule has 4 nitrogen and oxygen atoms in total. The normalized spacial score (nSPS) is 29.7. The highest BCUT2D eigenvalue weighted by atomic mass is 16.3. The molecule has 2 N–H and O–H groups in total. The van der Waals surface area contributed by atoms with Gasteiger partial charge in [0, 0.05) is 13.1 Å². The van der Waals surface area contributed by atoms with Gasteiger partial charge in [0.2, 0.25) is 5.91 Å². The van der Waals surface area contributed by atoms with Crippen LogP contribution < -0.4 is 5.32 Å². The first kappa shape index (κ1) is 9.93. The van der Waals surface area contributed by atoms with Crippen molar-refractivity contribution in [3.63, 3.8) is 0 Å². The highest BCUT2D eigenvalue weighted by Gasteiger charge is 2.36. The third-order valence-corrected chi connectivity index (χ3v) is 3.22. The fourth-order valence-corrected chi connectivity index (χ4v) is 2.04. The second kappa shape index (κ2) is 3.87. The number of aliphatic hydroxyl groups is 1. The molecular formula is C10H18N2O2. The summed E-state index contributed by atoms with van der Waals surface area (Å²) in [5.74, 6) is 0.601. The molecule has 2 rings (SSSR count). The first-order valence-electron chi connectivity index (χ1n) is 5.36. The Kier molecular flexibility index (Phi) is 2.74. The van der Waals surface area contributed by atoms with Crippen molar-refractivity contribution in [1.82, 2.24) is 10.2 Å². The third-order valence-electron chi connectivity index (χ3n) is 3.22. The lowest BCUT2D eigenvalue weighted by Gasteiger charge is -2.20. The molecule has 0 aromatic carbocycles. The highest BCUT2D eigenvalue weighted by Crippen LogP contribution is 2.33. The Hall–Kier alpha value is -0.610. The van der Waals surface area contributed by atoms with Gasteiger partial charge in [-0.25, -0.2) is 0 Å². The summed E-state index contributed by atoms with van der Waals surface area (Å²) in [7, 11) is 1.81. The van der Waals surface area contributed by atoms with Crippen molar-refractivity contribution < 1.29 is 9.90 Å². The van der Waals surface area contributed by atoms with Crippen LogP contribution in [0.4, 0.5) is 0 Å². The maximum Gasteiger partial charge on any atom is 0.239 e. The molecule has 0 aromatic heterocycles. The predicted molar refractivity (Wildman–Crippen MR) is 52.8 cm³/mol. The van der Waals surface area contributed by atoms with Gasteiger partial charge in [-0.3, -0.25) is 4.79 Å². The molecule has 2 atom stereocenters. The van der Waals surface area contributed by atoms with E-state index < -0.39 is 0 Å². The van der Waals surface area contributed by atoms with E-state index in [4.69, 9.17) is 0 Å². The van der Waals surface area contributed by atoms with Crippen molar-refractivity contribution in [2.45, 2.75) is 31.4 Å². The summed E-state index contributed by atoms with van der Waals surface area (Å²) in [4.78, 5) is 13.4. The molecule has 14 heavy (non-hydrogen) atoms. The molecule has 0 aromatic rings. The van der Waals surface area contributed by atoms with Gasteiger partial charge < -0.3 is 15.3 Å². The molecule has 80 valence electrons. The molecule has 2 unspecified atom stereocenters. The topological polar surface area (TPSA) is 52.6 Å². The number of β-amino-alcohol motifs (C(OH)–C–C–N with tert-alkyl or cyclic N) is 1. The quantitative estimate of drug-likeness (QED) is 0.645. The zero-order valence-corrected chi connectivity index (χ0v) is 8.57. The second-order valence-corrected chi connectivity index (χ2v) is 4.32. The molecule has 1 aliphatic heterocycles. The number of nitrogens with zero attached hydrogens (tertiary/aromatic N) is 1. The minimum atomic E-state index is -0.297. The van der Waals surface area contributed by atoms with E-state index in [1.54, 1.807) is 4.90 Å². The molecule has 0 radical (unpaired) electrons. The summed E-state index contributed by atoms with van der Waals surface area (Å²) in [6, 6.07) is -0.0265. The molecule has 1 heterocycles. The number of amides is 1. The molecular weight excluding hydrogens is 180 g/mol. The van der Waals surface area contributed by atoms with E-state index in [9.17, 15) is 9.90 Å². The Bertz CT molecular complexity index is 228. The highest BCUT2D eigenvalue weighted by molar-refractivity contribution is 5.83. The monoisotopic (exact) mass is 198 g/mol. The number of nitrogens with one attached hydrogen (secondary N) is 1. The van der Waals surface area contributed by atoms with E-state index >= 15 is 0 Å². The number of likely N-dealkylation sites (tertiary alicyclic amines) is 1. The minimum absolute atomic E-state index is 0.0265. The Balaban J connectivity index is 1.83. The van der Waals surface area contributed by atoms with E-state index in [1.165, 1.54) is 0 Å². The first-order valence-corrected chi connectivity index (χ1v) is 5.36. The van der Waals surface area contributed by atoms with Crippen LogP contribution >= 0.6 is 0 Å². The van der Waals surface area contributed by atoms with Crippen LogP contribution in [0, 0.1) is 5.92 Å². The summed E-state index contributed by atoms with van der Waals surface area (Å²) in [6.45, 7) is 1.32. The number of likely N-dealkylation sites (N-methyl/N-ethyl adjacent to an activating group) is 1. The van der Waals surface area contributed by atoms with Gasteiger partial charge in [-0.2, -0.15) is 0 Å². The van der Waals surface area contributed by atoms with Gasteiger partial charge >= 0.3 is 0 Å². The molecule has 1 amide bonds. The van der Waals surface area contributed by atoms with Crippen LogP contribution in [0.3, 0.4) is 0 Å². The minimum Gasteiger partial charge on any atom is -0.391 e. The van der Waals surface area contributed by atoms with Gasteiger partial charge in [0.1, 0.15) is 0 Å². The number of hydrogen-bond donors (Lipinski definition) is 2. The number of carbonyl (C=O) groups is 1. The van der Waals surface area contributed by atoms with Gasteiger partial charge in [-0.15, -0.1) is 0 Å². The maximum atomic E-state index is 11.7. The number of carbonyl (C=O) groups excluding carboxylic acids is 1. The summed E-state index contributed by atoms with van der Waals surface area (Å²) in [5.41, 5.74) is 0. The van der Waals surface area contributed by atoms with E-state index in [-0.39, 0.29) is 18.1 Å². The lowest BCUT2D eigenvalue weighted by Crippen LogP contribution is -2.40. The molecule has 0 spiro atoms. The maximum absolute atomic E-state index is 11.7. The zero-order chi connectivity index (χ0) is 10.1. The smallest absolute Gasteiger partial charge is 0.239 e. The SMILES string of the molecule is CNC1CCN(CC(O)C2CC2)C1=O. The summed E-state index contributed by atoms with van der Waals surface area (Å²) in [6.07, 6.45) is 2.82. The van der Waals surface area contributed by atoms with Crippen LogP contribution in [0.15, 0.2) is 0 Å². The average molecular weight is 198 g/mol. The number of hydrogen-bond acceptors (Lipinski definition) is 3. The zero-order valence-electron chi connectivity index (χ0n) is 8.57. The summed E-state index contributed by atoms with van der Waals surface area (Å²) >= 11 is 0. The number of aliphatic hydroxyl groups excluding tert-OH is 1. The molecule has 1 saturated carbocycles. The molecule has 0 bridgehead atoms. The summed E-state index contributed by atoms with van der Waals surface area (Å²) in [5, 5.41) is 12.7. The van der Waals surface area contributed by atoms with Crippen molar-refractivity contribution in [3.8, 4) is 0 Å². The van der Waals surface area contributed by atoms with Crippen LogP contribution in [0.2, 0.25) is 0 Å². The Labute approximate surface area is 84.3 Å². The van der Waals surface area contributed by atoms with E-state index in [1.807, 2.05) is 7.05 Å². The molecule has 1 aliphatic carbocycles. The largest absolute Gasteiger partial charge is 0.391 e. The van der Waals surface area contributed by atoms with Crippen LogP contribution in [0.25, 0.3) is 0 Å². The fraction of sp³-hybridized carbons (Fsp3) is 0.900. The molecule has 2 fully saturated rings. The van der Waals surface area contributed by atoms with Crippen molar-refractivity contribution in [2.75, 3.05) is 20.1 Å². The number of rotatable bonds is 4. The van der Waals surface area contributed by atoms with Crippen LogP contribution in [0.1, 0.15) is 19.3 Å². The van der Waals surface area contributed by atoms with E-state index in [0.29, 0.717) is 12.5 Å². The Morgan fingerprint density at radius 3 is 2.79 bits per heavy atom. The van der Waals surface area contributed by atoms with Gasteiger partial charge in [-0.05, 0) is 32.2 Å². The third kappa shape index (κ3) is 1.91. The molecule has 2 aliphatic rings. The van der Waals surface area contributed by atoms with Gasteiger partial charge in [-0.1, -0.05) is 0 Å². The summed E-state index contributed by atoms with van der Waals surface area (Å²) < 4.78 is 0. The van der Waals surface area contributed by atoms with Crippen LogP contribution in [-0.2, 0) is 4.79 Å². The Morgan fingerprint density at radius 1 is 1.57 bits per heavy atom. The lowest BCUT2D eigenvalue weighted by molar-refractivity contribution is -0.130. The van der Waals surface area contributed by atoms with Gasteiger partial charge in [0.15, 0.2) is 0 Å².